The van der Waals surface area contributed by atoms with Gasteiger partial charge >= 0.3 is 0 Å². The highest BCUT2D eigenvalue weighted by molar-refractivity contribution is 6.09. The Morgan fingerprint density at radius 3 is 1.80 bits per heavy atom. The van der Waals surface area contributed by atoms with Crippen molar-refractivity contribution < 1.29 is 4.42 Å². The van der Waals surface area contributed by atoms with E-state index in [1.165, 1.54) is 33.2 Å². The number of rotatable bonds is 6. The van der Waals surface area contributed by atoms with E-state index in [-0.39, 0.29) is 12.0 Å². The van der Waals surface area contributed by atoms with Crippen LogP contribution in [0.4, 0.5) is 11.4 Å². The molecule has 0 amide bonds. The van der Waals surface area contributed by atoms with Crippen LogP contribution in [-0.2, 0) is 0 Å². The second-order valence-electron chi connectivity index (χ2n) is 15.5. The molecular formula is C55H37N3O. The molecule has 2 unspecified atom stereocenters. The van der Waals surface area contributed by atoms with Gasteiger partial charge in [0, 0.05) is 44.9 Å². The van der Waals surface area contributed by atoms with Gasteiger partial charge in [-0.25, -0.2) is 4.98 Å². The summed E-state index contributed by atoms with van der Waals surface area (Å²) in [4.78, 5) is 7.87. The molecule has 1 aliphatic carbocycles. The summed E-state index contributed by atoms with van der Waals surface area (Å²) in [5, 5.41) is 2.45. The van der Waals surface area contributed by atoms with Crippen molar-refractivity contribution in [3.05, 3.63) is 218 Å². The number of aromatic nitrogens is 2. The van der Waals surface area contributed by atoms with Gasteiger partial charge in [-0.3, -0.25) is 0 Å². The molecule has 1 aliphatic heterocycles. The molecular weight excluding hydrogens is 719 g/mol. The van der Waals surface area contributed by atoms with Crippen LogP contribution in [0.2, 0.25) is 0 Å². The predicted molar refractivity (Wildman–Crippen MR) is 243 cm³/mol. The Morgan fingerprint density at radius 1 is 0.458 bits per heavy atom. The van der Waals surface area contributed by atoms with Gasteiger partial charge in [-0.2, -0.15) is 0 Å². The van der Waals surface area contributed by atoms with Crippen molar-refractivity contribution in [1.29, 1.82) is 0 Å². The third kappa shape index (κ3) is 5.49. The minimum Gasteiger partial charge on any atom is -0.436 e. The fraction of sp³-hybridized carbons (Fsp3) is 0.0364. The third-order valence-corrected chi connectivity index (χ3v) is 12.1. The van der Waals surface area contributed by atoms with Gasteiger partial charge in [0.2, 0.25) is 5.89 Å². The Bertz CT molecular complexity index is 3230. The number of hydrogen-bond donors (Lipinski definition) is 0. The van der Waals surface area contributed by atoms with Crippen LogP contribution in [0.1, 0.15) is 11.5 Å². The fourth-order valence-corrected chi connectivity index (χ4v) is 9.42. The first-order valence-electron chi connectivity index (χ1n) is 20.3. The van der Waals surface area contributed by atoms with Gasteiger partial charge in [0.1, 0.15) is 5.52 Å². The van der Waals surface area contributed by atoms with E-state index in [0.717, 1.165) is 61.3 Å². The van der Waals surface area contributed by atoms with E-state index in [1.54, 1.807) is 0 Å². The van der Waals surface area contributed by atoms with Crippen molar-refractivity contribution in [2.24, 2.45) is 0 Å². The molecule has 4 heteroatoms. The molecule has 12 rings (SSSR count). The average molecular weight is 756 g/mol. The summed E-state index contributed by atoms with van der Waals surface area (Å²) < 4.78 is 9.34. The maximum Gasteiger partial charge on any atom is 0.227 e. The predicted octanol–water partition coefficient (Wildman–Crippen LogP) is 14.3. The molecule has 2 aromatic heterocycles. The lowest BCUT2D eigenvalue weighted by molar-refractivity contribution is 0.620. The van der Waals surface area contributed by atoms with Crippen LogP contribution in [0.5, 0.6) is 0 Å². The van der Waals surface area contributed by atoms with Gasteiger partial charge in [-0.05, 0) is 81.9 Å². The molecule has 0 spiro atoms. The van der Waals surface area contributed by atoms with Crippen molar-refractivity contribution in [2.75, 3.05) is 4.90 Å². The molecule has 0 N–H and O–H groups in total. The van der Waals surface area contributed by atoms with E-state index in [0.29, 0.717) is 5.89 Å². The van der Waals surface area contributed by atoms with Gasteiger partial charge in [0.05, 0.1) is 17.1 Å². The number of benzene rings is 8. The Hall–Kier alpha value is -7.69. The summed E-state index contributed by atoms with van der Waals surface area (Å²) in [6, 6.07) is 67.4. The molecule has 3 heterocycles. The zero-order valence-corrected chi connectivity index (χ0v) is 32.1. The number of para-hydroxylation sites is 3. The zero-order valence-electron chi connectivity index (χ0n) is 32.1. The molecule has 10 aromatic rings. The number of oxazole rings is 1. The molecule has 2 aliphatic rings. The summed E-state index contributed by atoms with van der Waals surface area (Å²) >= 11 is 0. The summed E-state index contributed by atoms with van der Waals surface area (Å²) in [7, 11) is 0. The van der Waals surface area contributed by atoms with Gasteiger partial charge in [-0.15, -0.1) is 0 Å². The van der Waals surface area contributed by atoms with E-state index in [1.807, 2.05) is 0 Å². The fourth-order valence-electron chi connectivity index (χ4n) is 9.42. The molecule has 0 saturated heterocycles. The molecule has 278 valence electrons. The van der Waals surface area contributed by atoms with Crippen molar-refractivity contribution in [3.8, 4) is 50.5 Å². The lowest BCUT2D eigenvalue weighted by Gasteiger charge is -2.29. The summed E-state index contributed by atoms with van der Waals surface area (Å²) in [5.74, 6) is 0.843. The topological polar surface area (TPSA) is 34.2 Å². The first-order valence-corrected chi connectivity index (χ1v) is 20.3. The zero-order chi connectivity index (χ0) is 38.9. The summed E-state index contributed by atoms with van der Waals surface area (Å²) in [6.07, 6.45) is 9.02. The highest BCUT2D eigenvalue weighted by Crippen LogP contribution is 2.49. The van der Waals surface area contributed by atoms with Gasteiger partial charge in [0.25, 0.3) is 0 Å². The van der Waals surface area contributed by atoms with Crippen molar-refractivity contribution >= 4 is 44.3 Å². The van der Waals surface area contributed by atoms with Gasteiger partial charge < -0.3 is 13.9 Å². The van der Waals surface area contributed by atoms with Crippen molar-refractivity contribution in [3.63, 3.8) is 0 Å². The summed E-state index contributed by atoms with van der Waals surface area (Å²) in [5.41, 5.74) is 16.2. The highest BCUT2D eigenvalue weighted by atomic mass is 16.3. The van der Waals surface area contributed by atoms with Crippen LogP contribution in [0.15, 0.2) is 217 Å². The van der Waals surface area contributed by atoms with Gasteiger partial charge in [-0.1, -0.05) is 164 Å². The van der Waals surface area contributed by atoms with Crippen molar-refractivity contribution in [1.82, 2.24) is 9.55 Å². The Kier molecular flexibility index (Phi) is 7.63. The molecule has 4 nitrogen and oxygen atoms in total. The van der Waals surface area contributed by atoms with Crippen LogP contribution >= 0.6 is 0 Å². The molecule has 0 bridgehead atoms. The number of nitrogens with zero attached hydrogens (tertiary/aromatic N) is 3. The Balaban J connectivity index is 1.07. The van der Waals surface area contributed by atoms with Crippen LogP contribution in [0.3, 0.4) is 0 Å². The molecule has 0 radical (unpaired) electrons. The second kappa shape index (κ2) is 13.5. The Morgan fingerprint density at radius 2 is 1.05 bits per heavy atom. The lowest BCUT2D eigenvalue weighted by atomic mass is 9.91. The van der Waals surface area contributed by atoms with E-state index in [9.17, 15) is 0 Å². The average Bonchev–Trinajstić information content (AvgIpc) is 4.00. The van der Waals surface area contributed by atoms with Crippen LogP contribution < -0.4 is 4.90 Å². The lowest BCUT2D eigenvalue weighted by Crippen LogP contribution is -2.28. The maximum absolute atomic E-state index is 6.95. The van der Waals surface area contributed by atoms with E-state index in [2.05, 4.69) is 222 Å². The van der Waals surface area contributed by atoms with Crippen LogP contribution in [0.25, 0.3) is 83.4 Å². The first-order chi connectivity index (χ1) is 29.2. The minimum absolute atomic E-state index is 0.141. The smallest absolute Gasteiger partial charge is 0.227 e. The highest BCUT2D eigenvalue weighted by Gasteiger charge is 2.37. The number of hydrogen-bond acceptors (Lipinski definition) is 3. The standard InChI is InChI=1S/C55H37N3O/c1-3-15-36(16-4-1)37-27-29-38(30-28-37)40-33-48(39-17-5-2-6-18-39)54-53(34-40)59-55(56-54)41-31-42(57-49-23-11-7-19-44(49)45-20-8-12-24-50(45)57)35-43(32-41)58-51-25-13-9-21-46(51)47-22-10-14-26-52(47)58/h1-35,44,49H. The second-order valence-corrected chi connectivity index (χ2v) is 15.5. The quantitative estimate of drug-likeness (QED) is 0.169. The summed E-state index contributed by atoms with van der Waals surface area (Å²) in [6.45, 7) is 0. The minimum atomic E-state index is 0.141. The van der Waals surface area contributed by atoms with Gasteiger partial charge in [0.15, 0.2) is 5.58 Å². The largest absolute Gasteiger partial charge is 0.436 e. The molecule has 2 atom stereocenters. The van der Waals surface area contributed by atoms with Crippen molar-refractivity contribution in [2.45, 2.75) is 12.0 Å². The number of anilines is 2. The molecule has 8 aromatic carbocycles. The molecule has 0 saturated carbocycles. The molecule has 59 heavy (non-hydrogen) atoms. The van der Waals surface area contributed by atoms with E-state index < -0.39 is 0 Å². The Labute approximate surface area is 342 Å². The maximum atomic E-state index is 6.95. The third-order valence-electron chi connectivity index (χ3n) is 12.1. The normalized spacial score (nSPS) is 15.6. The SMILES string of the molecule is C1=CC2c3ccccc3N(c3cc(-c4nc5c(-c6ccccc6)cc(-c6ccc(-c7ccccc7)cc6)cc5o4)cc(-n4c5ccccc5c5ccccc54)c3)C2C=C1. The van der Waals surface area contributed by atoms with E-state index >= 15 is 0 Å². The number of allylic oxidation sites excluding steroid dienone is 2. The first kappa shape index (κ1) is 33.4. The van der Waals surface area contributed by atoms with Crippen LogP contribution in [0, 0.1) is 0 Å². The van der Waals surface area contributed by atoms with Crippen LogP contribution in [-0.4, -0.2) is 15.6 Å². The molecule has 0 fully saturated rings. The van der Waals surface area contributed by atoms with E-state index in [4.69, 9.17) is 9.40 Å². The monoisotopic (exact) mass is 755 g/mol. The number of fused-ring (bicyclic) bond motifs is 7.